The number of hydrogen-bond donors (Lipinski definition) is 3. The van der Waals surface area contributed by atoms with Gasteiger partial charge in [0.15, 0.2) is 0 Å². The van der Waals surface area contributed by atoms with Crippen LogP contribution >= 0.6 is 0 Å². The first-order valence-corrected chi connectivity index (χ1v) is 18.3. The minimum Gasteiger partial charge on any atom is -0.391 e. The zero-order chi connectivity index (χ0) is 38.2. The average Bonchev–Trinajstić information content (AvgIpc) is 3.60. The van der Waals surface area contributed by atoms with E-state index in [0.29, 0.717) is 18.8 Å². The highest BCUT2D eigenvalue weighted by Crippen LogP contribution is 2.27. The van der Waals surface area contributed by atoms with Crippen molar-refractivity contribution in [2.75, 3.05) is 20.6 Å². The average molecular weight is 706 g/mol. The Morgan fingerprint density at radius 1 is 0.980 bits per heavy atom. The SMILES string of the molecule is CCCCC(C)CC(C)C(=O)N(C)[C@@H](CC(C)C)C(=O)N[C@H](C(=O)N(C)[C@H](C(=O)N1C[C@@H](O)C[C@H]1C(=O)N1C(=O)C=CC1C)C(C)C)C(C)O. The Morgan fingerprint density at radius 2 is 1.60 bits per heavy atom. The Kier molecular flexibility index (Phi) is 16.1. The summed E-state index contributed by atoms with van der Waals surface area (Å²) in [5, 5.41) is 24.0. The second-order valence-electron chi connectivity index (χ2n) is 15.4. The summed E-state index contributed by atoms with van der Waals surface area (Å²) in [6, 6.07) is -5.08. The first kappa shape index (κ1) is 42.8. The van der Waals surface area contributed by atoms with Crippen LogP contribution < -0.4 is 5.32 Å². The van der Waals surface area contributed by atoms with Crippen LogP contribution in [0.3, 0.4) is 0 Å². The minimum absolute atomic E-state index is 0.0344. The van der Waals surface area contributed by atoms with E-state index in [9.17, 15) is 39.0 Å². The predicted octanol–water partition coefficient (Wildman–Crippen LogP) is 2.34. The maximum atomic E-state index is 14.1. The molecule has 284 valence electrons. The molecule has 1 saturated heterocycles. The molecule has 0 aromatic rings. The molecule has 0 aliphatic carbocycles. The van der Waals surface area contributed by atoms with Crippen molar-refractivity contribution in [3.63, 3.8) is 0 Å². The van der Waals surface area contributed by atoms with Gasteiger partial charge in [0.05, 0.1) is 18.2 Å². The lowest BCUT2D eigenvalue weighted by atomic mass is 9.91. The van der Waals surface area contributed by atoms with E-state index in [-0.39, 0.29) is 30.7 Å². The molecule has 6 amide bonds. The molecule has 13 nitrogen and oxygen atoms in total. The molecule has 0 radical (unpaired) electrons. The van der Waals surface area contributed by atoms with Gasteiger partial charge < -0.3 is 30.2 Å². The molecule has 2 heterocycles. The van der Waals surface area contributed by atoms with Crippen LogP contribution in [0.5, 0.6) is 0 Å². The summed E-state index contributed by atoms with van der Waals surface area (Å²) in [4.78, 5) is 86.4. The van der Waals surface area contributed by atoms with Crippen molar-refractivity contribution < 1.29 is 39.0 Å². The first-order valence-electron chi connectivity index (χ1n) is 18.3. The van der Waals surface area contributed by atoms with Crippen LogP contribution in [0.25, 0.3) is 0 Å². The summed E-state index contributed by atoms with van der Waals surface area (Å²) in [6.45, 7) is 16.3. The van der Waals surface area contributed by atoms with Gasteiger partial charge in [0.1, 0.15) is 24.2 Å². The monoisotopic (exact) mass is 705 g/mol. The number of hydrogen-bond acceptors (Lipinski definition) is 8. The van der Waals surface area contributed by atoms with E-state index in [1.807, 2.05) is 20.8 Å². The fraction of sp³-hybridized carbons (Fsp3) is 0.784. The number of likely N-dealkylation sites (tertiary alicyclic amines) is 1. The number of aliphatic hydroxyl groups excluding tert-OH is 2. The highest BCUT2D eigenvalue weighted by atomic mass is 16.3. The molecule has 0 aromatic heterocycles. The van der Waals surface area contributed by atoms with E-state index >= 15 is 0 Å². The second kappa shape index (κ2) is 18.8. The van der Waals surface area contributed by atoms with Crippen LogP contribution in [0, 0.1) is 23.7 Å². The van der Waals surface area contributed by atoms with Gasteiger partial charge in [0.25, 0.3) is 11.8 Å². The van der Waals surface area contributed by atoms with Crippen molar-refractivity contribution in [3.05, 3.63) is 12.2 Å². The number of rotatable bonds is 17. The van der Waals surface area contributed by atoms with E-state index in [4.69, 9.17) is 0 Å². The summed E-state index contributed by atoms with van der Waals surface area (Å²) in [7, 11) is 2.99. The topological polar surface area (TPSA) is 168 Å². The number of carbonyl (C=O) groups excluding carboxylic acids is 6. The standard InChI is InChI=1S/C37H63N5O8/c1-12-13-14-23(6)18-24(7)34(47)39(10)28(17-21(2)3)33(46)38-31(26(9)43)36(49)40(11)32(22(4)5)37(50)41-20-27(44)19-29(41)35(48)42-25(8)15-16-30(42)45/h15-16,21-29,31-32,43-44H,12-14,17-20H2,1-11H3,(H,38,46)/t23?,24?,25?,26?,27-,28-,29-,31-,32-/m0/s1. The van der Waals surface area contributed by atoms with E-state index in [1.165, 1.54) is 29.8 Å². The molecule has 0 saturated carbocycles. The number of nitrogens with one attached hydrogen (secondary N) is 1. The maximum Gasteiger partial charge on any atom is 0.253 e. The highest BCUT2D eigenvalue weighted by molar-refractivity contribution is 6.06. The van der Waals surface area contributed by atoms with Crippen LogP contribution in [-0.2, 0) is 28.8 Å². The minimum atomic E-state index is -1.44. The molecule has 13 heteroatoms. The van der Waals surface area contributed by atoms with Gasteiger partial charge >= 0.3 is 0 Å². The van der Waals surface area contributed by atoms with Crippen LogP contribution in [-0.4, -0.2) is 128 Å². The molecule has 9 atom stereocenters. The van der Waals surface area contributed by atoms with E-state index in [0.717, 1.165) is 29.1 Å². The molecule has 0 aromatic carbocycles. The lowest BCUT2D eigenvalue weighted by molar-refractivity contribution is -0.155. The molecule has 2 aliphatic heterocycles. The van der Waals surface area contributed by atoms with Gasteiger partial charge in [-0.1, -0.05) is 73.8 Å². The van der Waals surface area contributed by atoms with E-state index in [2.05, 4.69) is 19.2 Å². The number of imide groups is 1. The van der Waals surface area contributed by atoms with Crippen LogP contribution in [0.4, 0.5) is 0 Å². The zero-order valence-electron chi connectivity index (χ0n) is 32.1. The number of likely N-dealkylation sites (N-methyl/N-ethyl adjacent to an activating group) is 2. The number of carbonyl (C=O) groups is 6. The molecule has 2 rings (SSSR count). The number of aliphatic hydroxyl groups is 2. The number of amides is 6. The molecule has 0 spiro atoms. The third kappa shape index (κ3) is 10.6. The van der Waals surface area contributed by atoms with Gasteiger partial charge in [-0.2, -0.15) is 0 Å². The predicted molar refractivity (Wildman–Crippen MR) is 190 cm³/mol. The molecule has 50 heavy (non-hydrogen) atoms. The Bertz CT molecular complexity index is 1250. The lowest BCUT2D eigenvalue weighted by Crippen LogP contribution is -2.62. The number of β-amino-alcohol motifs (C(OH)–C–C–N with tert-alkyl or cyclic N) is 1. The lowest BCUT2D eigenvalue weighted by Gasteiger charge is -2.38. The van der Waals surface area contributed by atoms with Crippen LogP contribution in [0.2, 0.25) is 0 Å². The maximum absolute atomic E-state index is 14.1. The van der Waals surface area contributed by atoms with Crippen LogP contribution in [0.15, 0.2) is 12.2 Å². The third-order valence-electron chi connectivity index (χ3n) is 9.98. The van der Waals surface area contributed by atoms with Gasteiger partial charge in [0, 0.05) is 39.1 Å². The fourth-order valence-electron chi connectivity index (χ4n) is 7.18. The van der Waals surface area contributed by atoms with Crippen LogP contribution in [0.1, 0.15) is 101 Å². The van der Waals surface area contributed by atoms with Gasteiger partial charge in [-0.25, -0.2) is 0 Å². The summed E-state index contributed by atoms with van der Waals surface area (Å²) >= 11 is 0. The zero-order valence-corrected chi connectivity index (χ0v) is 32.1. The fourth-order valence-corrected chi connectivity index (χ4v) is 7.18. The molecule has 1 fully saturated rings. The quantitative estimate of drug-likeness (QED) is 0.194. The third-order valence-corrected chi connectivity index (χ3v) is 9.98. The molecular weight excluding hydrogens is 642 g/mol. The highest BCUT2D eigenvalue weighted by Gasteiger charge is 2.47. The summed E-state index contributed by atoms with van der Waals surface area (Å²) in [5.74, 6) is -3.59. The first-order chi connectivity index (χ1) is 23.2. The van der Waals surface area contributed by atoms with Gasteiger partial charge in [-0.15, -0.1) is 0 Å². The normalized spacial score (nSPS) is 22.7. The number of unbranched alkanes of at least 4 members (excludes halogenated alkanes) is 1. The molecule has 2 aliphatic rings. The van der Waals surface area contributed by atoms with Crippen molar-refractivity contribution in [2.45, 2.75) is 143 Å². The van der Waals surface area contributed by atoms with Crippen molar-refractivity contribution in [3.8, 4) is 0 Å². The summed E-state index contributed by atoms with van der Waals surface area (Å²) in [6.07, 6.45) is 4.65. The van der Waals surface area contributed by atoms with E-state index < -0.39 is 77.9 Å². The Morgan fingerprint density at radius 3 is 2.10 bits per heavy atom. The van der Waals surface area contributed by atoms with Crippen molar-refractivity contribution >= 4 is 35.4 Å². The summed E-state index contributed by atoms with van der Waals surface area (Å²) in [5.41, 5.74) is 0. The van der Waals surface area contributed by atoms with Crippen molar-refractivity contribution in [2.24, 2.45) is 23.7 Å². The van der Waals surface area contributed by atoms with Crippen molar-refractivity contribution in [1.82, 2.24) is 24.9 Å². The van der Waals surface area contributed by atoms with Crippen molar-refractivity contribution in [1.29, 1.82) is 0 Å². The molecular formula is C37H63N5O8. The van der Waals surface area contributed by atoms with Gasteiger partial charge in [-0.3, -0.25) is 33.7 Å². The largest absolute Gasteiger partial charge is 0.391 e. The Labute approximate surface area is 298 Å². The van der Waals surface area contributed by atoms with Gasteiger partial charge in [-0.05, 0) is 44.4 Å². The number of nitrogens with zero attached hydrogens (tertiary/aromatic N) is 4. The second-order valence-corrected chi connectivity index (χ2v) is 15.4. The molecule has 0 bridgehead atoms. The Hall–Kier alpha value is -3.32. The smallest absolute Gasteiger partial charge is 0.253 e. The molecule has 4 unspecified atom stereocenters. The summed E-state index contributed by atoms with van der Waals surface area (Å²) < 4.78 is 0. The van der Waals surface area contributed by atoms with Gasteiger partial charge in [0.2, 0.25) is 23.6 Å². The molecule has 3 N–H and O–H groups in total. The Balaban J connectivity index is 2.30. The van der Waals surface area contributed by atoms with E-state index in [1.54, 1.807) is 33.9 Å².